The van der Waals surface area contributed by atoms with Crippen LogP contribution in [0.3, 0.4) is 0 Å². The fraction of sp³-hybridized carbons (Fsp3) is 0.0909. The van der Waals surface area contributed by atoms with Crippen LogP contribution in [0.1, 0.15) is 11.7 Å². The number of aromatic nitrogens is 2. The van der Waals surface area contributed by atoms with Crippen LogP contribution in [-0.4, -0.2) is 9.97 Å². The molecule has 0 fully saturated rings. The second-order valence-corrected chi connectivity index (χ2v) is 3.82. The van der Waals surface area contributed by atoms with Crippen molar-refractivity contribution in [1.82, 2.24) is 9.97 Å². The number of rotatable bonds is 1. The molecule has 0 spiro atoms. The molecule has 0 amide bonds. The van der Waals surface area contributed by atoms with Crippen molar-refractivity contribution in [2.75, 3.05) is 22.1 Å². The number of nitrogens with two attached hydrogens (primary N) is 2. The van der Waals surface area contributed by atoms with Crippen molar-refractivity contribution in [3.8, 4) is 0 Å². The molecular formula is C11H12N6. The van der Waals surface area contributed by atoms with E-state index in [1.165, 1.54) is 0 Å². The summed E-state index contributed by atoms with van der Waals surface area (Å²) in [7, 11) is 0. The molecule has 2 heterocycles. The molecule has 1 aromatic heterocycles. The van der Waals surface area contributed by atoms with E-state index in [2.05, 4.69) is 20.6 Å². The molecule has 0 radical (unpaired) electrons. The van der Waals surface area contributed by atoms with E-state index in [1.54, 1.807) is 0 Å². The fourth-order valence-corrected chi connectivity index (χ4v) is 1.87. The van der Waals surface area contributed by atoms with Crippen LogP contribution in [0, 0.1) is 0 Å². The van der Waals surface area contributed by atoms with Crippen molar-refractivity contribution in [2.45, 2.75) is 6.17 Å². The smallest absolute Gasteiger partial charge is 0.224 e. The van der Waals surface area contributed by atoms with Gasteiger partial charge in [-0.15, -0.1) is 0 Å². The number of hydrogen-bond acceptors (Lipinski definition) is 6. The van der Waals surface area contributed by atoms with E-state index in [4.69, 9.17) is 11.5 Å². The van der Waals surface area contributed by atoms with E-state index in [9.17, 15) is 0 Å². The first-order valence-electron chi connectivity index (χ1n) is 5.25. The lowest BCUT2D eigenvalue weighted by molar-refractivity contribution is 0.937. The Balaban J connectivity index is 1.96. The van der Waals surface area contributed by atoms with Gasteiger partial charge in [-0.3, -0.25) is 0 Å². The van der Waals surface area contributed by atoms with Crippen LogP contribution in [0.2, 0.25) is 0 Å². The largest absolute Gasteiger partial charge is 0.382 e. The normalized spacial score (nSPS) is 17.1. The number of nitrogens with zero attached hydrogens (tertiary/aromatic N) is 2. The fourth-order valence-electron chi connectivity index (χ4n) is 1.87. The lowest BCUT2D eigenvalue weighted by atomic mass is 10.2. The van der Waals surface area contributed by atoms with Gasteiger partial charge in [-0.25, -0.2) is 0 Å². The van der Waals surface area contributed by atoms with Crippen molar-refractivity contribution >= 4 is 23.3 Å². The highest BCUT2D eigenvalue weighted by Crippen LogP contribution is 2.37. The number of benzene rings is 1. The minimum absolute atomic E-state index is 0.0513. The van der Waals surface area contributed by atoms with Crippen LogP contribution in [0.15, 0.2) is 30.3 Å². The first-order valence-corrected chi connectivity index (χ1v) is 5.25. The first kappa shape index (κ1) is 9.71. The van der Waals surface area contributed by atoms with E-state index < -0.39 is 0 Å². The van der Waals surface area contributed by atoms with Crippen LogP contribution in [-0.2, 0) is 0 Å². The molecule has 0 saturated heterocycles. The number of nitrogens with one attached hydrogen (secondary N) is 2. The van der Waals surface area contributed by atoms with Crippen LogP contribution < -0.4 is 22.1 Å². The Labute approximate surface area is 98.1 Å². The van der Waals surface area contributed by atoms with Gasteiger partial charge in [-0.2, -0.15) is 9.97 Å². The zero-order valence-corrected chi connectivity index (χ0v) is 9.01. The topological polar surface area (TPSA) is 102 Å². The summed E-state index contributed by atoms with van der Waals surface area (Å²) in [5, 5.41) is 6.44. The molecule has 1 aliphatic heterocycles. The summed E-state index contributed by atoms with van der Waals surface area (Å²) in [6.07, 6.45) is -0.0513. The maximum Gasteiger partial charge on any atom is 0.224 e. The third kappa shape index (κ3) is 1.59. The van der Waals surface area contributed by atoms with E-state index in [0.717, 1.165) is 5.56 Å². The van der Waals surface area contributed by atoms with Gasteiger partial charge < -0.3 is 22.1 Å². The SMILES string of the molecule is Nc1nc(N)c2c(n1)NC(c1ccccc1)N2. The molecule has 0 aliphatic carbocycles. The van der Waals surface area contributed by atoms with E-state index >= 15 is 0 Å². The Bertz CT molecular complexity index is 553. The van der Waals surface area contributed by atoms with Gasteiger partial charge in [-0.05, 0) is 5.56 Å². The molecule has 1 unspecified atom stereocenters. The van der Waals surface area contributed by atoms with Gasteiger partial charge in [0.2, 0.25) is 5.95 Å². The lowest BCUT2D eigenvalue weighted by Crippen LogP contribution is -2.12. The summed E-state index contributed by atoms with van der Waals surface area (Å²) in [5.41, 5.74) is 13.1. The average molecular weight is 228 g/mol. The van der Waals surface area contributed by atoms with Crippen LogP contribution in [0.4, 0.5) is 23.3 Å². The number of nitrogen functional groups attached to an aromatic ring is 2. The maximum absolute atomic E-state index is 5.78. The summed E-state index contributed by atoms with van der Waals surface area (Å²) in [5.74, 6) is 1.17. The quantitative estimate of drug-likeness (QED) is 0.584. The molecule has 1 aliphatic rings. The van der Waals surface area contributed by atoms with Gasteiger partial charge in [0.05, 0.1) is 0 Å². The average Bonchev–Trinajstić information content (AvgIpc) is 2.74. The molecule has 0 bridgehead atoms. The van der Waals surface area contributed by atoms with Crippen LogP contribution in [0.5, 0.6) is 0 Å². The number of hydrogen-bond donors (Lipinski definition) is 4. The predicted octanol–water partition coefficient (Wildman–Crippen LogP) is 1.18. The molecule has 2 aromatic rings. The van der Waals surface area contributed by atoms with Gasteiger partial charge >= 0.3 is 0 Å². The van der Waals surface area contributed by atoms with Crippen molar-refractivity contribution in [2.24, 2.45) is 0 Å². The Morgan fingerprint density at radius 3 is 2.53 bits per heavy atom. The Hall–Kier alpha value is -2.50. The summed E-state index contributed by atoms with van der Waals surface area (Å²) in [4.78, 5) is 8.02. The van der Waals surface area contributed by atoms with Crippen molar-refractivity contribution < 1.29 is 0 Å². The predicted molar refractivity (Wildman–Crippen MR) is 67.3 cm³/mol. The molecule has 6 nitrogen and oxygen atoms in total. The van der Waals surface area contributed by atoms with E-state index in [-0.39, 0.29) is 12.1 Å². The second kappa shape index (κ2) is 3.51. The van der Waals surface area contributed by atoms with E-state index in [1.807, 2.05) is 30.3 Å². The maximum atomic E-state index is 5.78. The van der Waals surface area contributed by atoms with Crippen molar-refractivity contribution in [3.05, 3.63) is 35.9 Å². The second-order valence-electron chi connectivity index (χ2n) is 3.82. The van der Waals surface area contributed by atoms with Gasteiger partial charge in [-0.1, -0.05) is 30.3 Å². The first-order chi connectivity index (χ1) is 8.24. The Kier molecular flexibility index (Phi) is 2.01. The molecule has 86 valence electrons. The molecule has 0 saturated carbocycles. The van der Waals surface area contributed by atoms with Crippen molar-refractivity contribution in [3.63, 3.8) is 0 Å². The van der Waals surface area contributed by atoms with Gasteiger partial charge in [0.1, 0.15) is 11.9 Å². The highest BCUT2D eigenvalue weighted by atomic mass is 15.3. The standard InChI is InChI=1S/C11H12N6/c12-8-7-10(17-11(13)15-8)16-9(14-7)6-4-2-1-3-5-6/h1-5,9,14H,(H5,12,13,15,16,17). The Morgan fingerprint density at radius 2 is 1.76 bits per heavy atom. The third-order valence-corrected chi connectivity index (χ3v) is 2.66. The molecule has 17 heavy (non-hydrogen) atoms. The zero-order valence-electron chi connectivity index (χ0n) is 9.01. The van der Waals surface area contributed by atoms with Gasteiger partial charge in [0, 0.05) is 0 Å². The minimum atomic E-state index is -0.0513. The van der Waals surface area contributed by atoms with Crippen LogP contribution >= 0.6 is 0 Å². The summed E-state index contributed by atoms with van der Waals surface area (Å²) >= 11 is 0. The van der Waals surface area contributed by atoms with Crippen LogP contribution in [0.25, 0.3) is 0 Å². The Morgan fingerprint density at radius 1 is 1.00 bits per heavy atom. The highest BCUT2D eigenvalue weighted by Gasteiger charge is 2.25. The van der Waals surface area contributed by atoms with Gasteiger partial charge in [0.15, 0.2) is 11.6 Å². The lowest BCUT2D eigenvalue weighted by Gasteiger charge is -2.11. The number of anilines is 4. The van der Waals surface area contributed by atoms with E-state index in [0.29, 0.717) is 17.3 Å². The molecule has 6 heteroatoms. The van der Waals surface area contributed by atoms with Crippen molar-refractivity contribution in [1.29, 1.82) is 0 Å². The number of fused-ring (bicyclic) bond motifs is 1. The minimum Gasteiger partial charge on any atom is -0.382 e. The highest BCUT2D eigenvalue weighted by molar-refractivity contribution is 5.81. The molecule has 1 atom stereocenters. The zero-order chi connectivity index (χ0) is 11.8. The summed E-state index contributed by atoms with van der Waals surface area (Å²) in [6.45, 7) is 0. The summed E-state index contributed by atoms with van der Waals surface area (Å²) < 4.78 is 0. The third-order valence-electron chi connectivity index (χ3n) is 2.66. The molecule has 6 N–H and O–H groups in total. The van der Waals surface area contributed by atoms with Gasteiger partial charge in [0.25, 0.3) is 0 Å². The summed E-state index contributed by atoms with van der Waals surface area (Å²) in [6, 6.07) is 9.96. The molecule has 3 rings (SSSR count). The molecule has 1 aromatic carbocycles. The monoisotopic (exact) mass is 228 g/mol. The molecular weight excluding hydrogens is 216 g/mol.